The summed E-state index contributed by atoms with van der Waals surface area (Å²) in [6, 6.07) is 8.88. The number of hydrogen-bond donors (Lipinski definition) is 2. The van der Waals surface area contributed by atoms with Gasteiger partial charge in [0.15, 0.2) is 0 Å². The van der Waals surface area contributed by atoms with Gasteiger partial charge in [0.25, 0.3) is 0 Å². The maximum absolute atomic E-state index is 9.72. The third-order valence-electron chi connectivity index (χ3n) is 5.46. The largest absolute Gasteiger partial charge is 0.506 e. The van der Waals surface area contributed by atoms with Crippen molar-refractivity contribution >= 4 is 16.7 Å². The van der Waals surface area contributed by atoms with E-state index in [9.17, 15) is 5.11 Å². The monoisotopic (exact) mass is 363 g/mol. The summed E-state index contributed by atoms with van der Waals surface area (Å²) < 4.78 is 0. The number of pyridine rings is 1. The zero-order chi connectivity index (χ0) is 18.8. The minimum absolute atomic E-state index is 0.160. The van der Waals surface area contributed by atoms with E-state index >= 15 is 0 Å². The van der Waals surface area contributed by atoms with Crippen molar-refractivity contribution in [3.05, 3.63) is 43.0 Å². The van der Waals surface area contributed by atoms with Crippen LogP contribution in [0, 0.1) is 0 Å². The van der Waals surface area contributed by atoms with E-state index < -0.39 is 0 Å². The third kappa shape index (κ3) is 3.85. The molecule has 0 unspecified atom stereocenters. The molecule has 1 saturated carbocycles. The van der Waals surface area contributed by atoms with Crippen molar-refractivity contribution in [1.82, 2.24) is 19.9 Å². The van der Waals surface area contributed by atoms with Crippen molar-refractivity contribution in [1.29, 1.82) is 0 Å². The van der Waals surface area contributed by atoms with Crippen molar-refractivity contribution in [2.24, 2.45) is 0 Å². The molecule has 0 saturated heterocycles. The number of nitrogens with zero attached hydrogens (tertiary/aromatic N) is 4. The van der Waals surface area contributed by atoms with Gasteiger partial charge in [0.05, 0.1) is 11.7 Å². The van der Waals surface area contributed by atoms with Gasteiger partial charge in [0.1, 0.15) is 17.9 Å². The zero-order valence-electron chi connectivity index (χ0n) is 15.8. The SMILES string of the molecule is CN(C)C1CCC(Nc2ncnc3ccc(-c4cncc(O)c4)cc23)CC1. The summed E-state index contributed by atoms with van der Waals surface area (Å²) in [4.78, 5) is 15.3. The van der Waals surface area contributed by atoms with Gasteiger partial charge in [-0.15, -0.1) is 0 Å². The zero-order valence-corrected chi connectivity index (χ0v) is 15.8. The van der Waals surface area contributed by atoms with Crippen LogP contribution in [0.3, 0.4) is 0 Å². The molecule has 0 spiro atoms. The predicted octanol–water partition coefficient (Wildman–Crippen LogP) is 3.68. The van der Waals surface area contributed by atoms with Gasteiger partial charge < -0.3 is 15.3 Å². The minimum Gasteiger partial charge on any atom is -0.506 e. The Morgan fingerprint density at radius 3 is 2.56 bits per heavy atom. The van der Waals surface area contributed by atoms with Gasteiger partial charge in [-0.05, 0) is 63.5 Å². The number of hydrogen-bond acceptors (Lipinski definition) is 6. The van der Waals surface area contributed by atoms with Gasteiger partial charge in [0, 0.05) is 29.2 Å². The second-order valence-electron chi connectivity index (χ2n) is 7.50. The van der Waals surface area contributed by atoms with E-state index in [2.05, 4.69) is 45.3 Å². The molecule has 6 nitrogen and oxygen atoms in total. The van der Waals surface area contributed by atoms with Crippen LogP contribution in [-0.2, 0) is 0 Å². The summed E-state index contributed by atoms with van der Waals surface area (Å²) in [5.41, 5.74) is 2.77. The van der Waals surface area contributed by atoms with Crippen molar-refractivity contribution in [3.63, 3.8) is 0 Å². The Morgan fingerprint density at radius 2 is 1.81 bits per heavy atom. The quantitative estimate of drug-likeness (QED) is 0.736. The maximum atomic E-state index is 9.72. The van der Waals surface area contributed by atoms with Gasteiger partial charge in [-0.25, -0.2) is 9.97 Å². The van der Waals surface area contributed by atoms with Crippen molar-refractivity contribution in [2.45, 2.75) is 37.8 Å². The number of nitrogens with one attached hydrogen (secondary N) is 1. The minimum atomic E-state index is 0.160. The first-order chi connectivity index (χ1) is 13.1. The molecular formula is C21H25N5O. The lowest BCUT2D eigenvalue weighted by Gasteiger charge is -2.33. The first-order valence-electron chi connectivity index (χ1n) is 9.42. The molecule has 6 heteroatoms. The molecule has 1 aliphatic rings. The molecule has 1 fully saturated rings. The van der Waals surface area contributed by atoms with Crippen LogP contribution in [0.25, 0.3) is 22.0 Å². The normalized spacial score (nSPS) is 20.1. The fourth-order valence-electron chi connectivity index (χ4n) is 3.87. The lowest BCUT2D eigenvalue weighted by molar-refractivity contribution is 0.221. The Bertz CT molecular complexity index is 935. The number of anilines is 1. The summed E-state index contributed by atoms with van der Waals surface area (Å²) >= 11 is 0. The van der Waals surface area contributed by atoms with Gasteiger partial charge in [-0.3, -0.25) is 4.98 Å². The van der Waals surface area contributed by atoms with Gasteiger partial charge in [-0.1, -0.05) is 6.07 Å². The summed E-state index contributed by atoms with van der Waals surface area (Å²) in [5, 5.41) is 14.3. The van der Waals surface area contributed by atoms with Crippen LogP contribution in [-0.4, -0.2) is 51.1 Å². The first-order valence-corrected chi connectivity index (χ1v) is 9.42. The van der Waals surface area contributed by atoms with E-state index in [0.717, 1.165) is 40.7 Å². The fourth-order valence-corrected chi connectivity index (χ4v) is 3.87. The molecule has 140 valence electrons. The van der Waals surface area contributed by atoms with Crippen molar-refractivity contribution < 1.29 is 5.11 Å². The van der Waals surface area contributed by atoms with Crippen LogP contribution in [0.5, 0.6) is 5.75 Å². The van der Waals surface area contributed by atoms with Crippen LogP contribution in [0.4, 0.5) is 5.82 Å². The van der Waals surface area contributed by atoms with Crippen LogP contribution >= 0.6 is 0 Å². The summed E-state index contributed by atoms with van der Waals surface area (Å²) in [5.74, 6) is 1.04. The topological polar surface area (TPSA) is 74.2 Å². The number of aromatic hydroxyl groups is 1. The molecule has 1 aromatic carbocycles. The molecule has 0 aliphatic heterocycles. The molecular weight excluding hydrogens is 338 g/mol. The summed E-state index contributed by atoms with van der Waals surface area (Å²) in [6.07, 6.45) is 9.49. The third-order valence-corrected chi connectivity index (χ3v) is 5.46. The molecule has 0 radical (unpaired) electrons. The Labute approximate surface area is 159 Å². The first kappa shape index (κ1) is 17.7. The van der Waals surface area contributed by atoms with Crippen molar-refractivity contribution in [3.8, 4) is 16.9 Å². The maximum Gasteiger partial charge on any atom is 0.137 e. The van der Waals surface area contributed by atoms with Crippen LogP contribution in [0.15, 0.2) is 43.0 Å². The highest BCUT2D eigenvalue weighted by molar-refractivity contribution is 5.92. The van der Waals surface area contributed by atoms with E-state index in [0.29, 0.717) is 12.1 Å². The summed E-state index contributed by atoms with van der Waals surface area (Å²) in [6.45, 7) is 0. The second kappa shape index (κ2) is 7.48. The average molecular weight is 363 g/mol. The standard InChI is InChI=1S/C21H25N5O/c1-26(2)17-6-4-16(5-7-17)25-21-19-10-14(3-8-20(19)23-13-24-21)15-9-18(27)12-22-11-15/h3,8-13,16-17,27H,4-7H2,1-2H3,(H,23,24,25). The van der Waals surface area contributed by atoms with E-state index in [1.165, 1.54) is 19.0 Å². The molecule has 0 bridgehead atoms. The summed E-state index contributed by atoms with van der Waals surface area (Å²) in [7, 11) is 4.32. The fraction of sp³-hybridized carbons (Fsp3) is 0.381. The van der Waals surface area contributed by atoms with Crippen LogP contribution < -0.4 is 5.32 Å². The Hall–Kier alpha value is -2.73. The molecule has 4 rings (SSSR count). The van der Waals surface area contributed by atoms with Crippen LogP contribution in [0.1, 0.15) is 25.7 Å². The van der Waals surface area contributed by atoms with E-state index in [1.54, 1.807) is 18.6 Å². The lowest BCUT2D eigenvalue weighted by Crippen LogP contribution is -2.36. The lowest BCUT2D eigenvalue weighted by atomic mass is 9.90. The molecule has 0 amide bonds. The molecule has 2 aromatic heterocycles. The van der Waals surface area contributed by atoms with E-state index in [4.69, 9.17) is 0 Å². The molecule has 3 aromatic rings. The number of fused-ring (bicyclic) bond motifs is 1. The Morgan fingerprint density at radius 1 is 1.00 bits per heavy atom. The van der Waals surface area contributed by atoms with E-state index in [-0.39, 0.29) is 5.75 Å². The van der Waals surface area contributed by atoms with Crippen LogP contribution in [0.2, 0.25) is 0 Å². The molecule has 0 atom stereocenters. The van der Waals surface area contributed by atoms with E-state index in [1.807, 2.05) is 12.1 Å². The van der Waals surface area contributed by atoms with Gasteiger partial charge in [0.2, 0.25) is 0 Å². The number of rotatable bonds is 4. The highest BCUT2D eigenvalue weighted by Crippen LogP contribution is 2.30. The van der Waals surface area contributed by atoms with Gasteiger partial charge in [-0.2, -0.15) is 0 Å². The average Bonchev–Trinajstić information content (AvgIpc) is 2.68. The van der Waals surface area contributed by atoms with Gasteiger partial charge >= 0.3 is 0 Å². The Kier molecular flexibility index (Phi) is 4.90. The molecule has 2 heterocycles. The Balaban J connectivity index is 1.60. The molecule has 27 heavy (non-hydrogen) atoms. The predicted molar refractivity (Wildman–Crippen MR) is 108 cm³/mol. The second-order valence-corrected chi connectivity index (χ2v) is 7.50. The highest BCUT2D eigenvalue weighted by atomic mass is 16.3. The molecule has 2 N–H and O–H groups in total. The van der Waals surface area contributed by atoms with Crippen molar-refractivity contribution in [2.75, 3.05) is 19.4 Å². The molecule has 1 aliphatic carbocycles. The number of benzene rings is 1. The highest BCUT2D eigenvalue weighted by Gasteiger charge is 2.23. The number of aromatic nitrogens is 3. The smallest absolute Gasteiger partial charge is 0.137 e.